The van der Waals surface area contributed by atoms with Gasteiger partial charge in [-0.15, -0.1) is 0 Å². The number of amides is 1. The molecule has 0 spiro atoms. The molecular weight excluding hydrogens is 372 g/mol. The first-order valence-corrected chi connectivity index (χ1v) is 8.84. The highest BCUT2D eigenvalue weighted by Crippen LogP contribution is 2.36. The number of rotatable bonds is 5. The van der Waals surface area contributed by atoms with Gasteiger partial charge in [0.05, 0.1) is 18.6 Å². The number of halogens is 1. The van der Waals surface area contributed by atoms with Crippen molar-refractivity contribution in [1.82, 2.24) is 5.32 Å². The Morgan fingerprint density at radius 3 is 2.85 bits per heavy atom. The molecule has 8 heteroatoms. The zero-order chi connectivity index (χ0) is 19.6. The number of carbonyl (C=O) groups excluding carboxylic acids is 1. The highest BCUT2D eigenvalue weighted by molar-refractivity contribution is 6.32. The predicted molar refractivity (Wildman–Crippen MR) is 100 cm³/mol. The first-order chi connectivity index (χ1) is 12.8. The molecule has 1 atom stereocenters. The van der Waals surface area contributed by atoms with E-state index in [9.17, 15) is 20.0 Å². The molecule has 7 nitrogen and oxygen atoms in total. The molecule has 0 fully saturated rings. The van der Waals surface area contributed by atoms with Crippen LogP contribution in [-0.4, -0.2) is 29.6 Å². The second-order valence-corrected chi connectivity index (χ2v) is 6.92. The van der Waals surface area contributed by atoms with Gasteiger partial charge in [-0.3, -0.25) is 14.9 Å². The van der Waals surface area contributed by atoms with Gasteiger partial charge in [-0.25, -0.2) is 0 Å². The van der Waals surface area contributed by atoms with Gasteiger partial charge in [0.1, 0.15) is 16.4 Å². The minimum Gasteiger partial charge on any atom is -0.497 e. The first kappa shape index (κ1) is 19.1. The molecule has 0 radical (unpaired) electrons. The van der Waals surface area contributed by atoms with Gasteiger partial charge >= 0.3 is 0 Å². The van der Waals surface area contributed by atoms with Gasteiger partial charge in [0.15, 0.2) is 0 Å². The fourth-order valence-electron chi connectivity index (χ4n) is 3.37. The third-order valence-electron chi connectivity index (χ3n) is 4.80. The van der Waals surface area contributed by atoms with Crippen molar-refractivity contribution >= 4 is 23.2 Å². The van der Waals surface area contributed by atoms with Crippen molar-refractivity contribution in [3.8, 4) is 5.75 Å². The number of hydrogen-bond acceptors (Lipinski definition) is 5. The van der Waals surface area contributed by atoms with Crippen LogP contribution in [-0.2, 0) is 12.0 Å². The number of nitro benzene ring substituents is 1. The molecular formula is C19H19ClN2O5. The van der Waals surface area contributed by atoms with Gasteiger partial charge in [0.2, 0.25) is 0 Å². The molecule has 1 aliphatic rings. The molecule has 142 valence electrons. The molecule has 0 saturated heterocycles. The quantitative estimate of drug-likeness (QED) is 0.603. The van der Waals surface area contributed by atoms with Crippen LogP contribution in [0.15, 0.2) is 36.4 Å². The summed E-state index contributed by atoms with van der Waals surface area (Å²) in [5, 5.41) is 24.7. The molecule has 2 N–H and O–H groups in total. The summed E-state index contributed by atoms with van der Waals surface area (Å²) in [5.74, 6) is 0.208. The van der Waals surface area contributed by atoms with E-state index in [1.54, 1.807) is 13.2 Å². The molecule has 0 aliphatic heterocycles. The molecule has 1 aliphatic carbocycles. The highest BCUT2D eigenvalue weighted by Gasteiger charge is 2.35. The summed E-state index contributed by atoms with van der Waals surface area (Å²) in [6, 6.07) is 9.33. The van der Waals surface area contributed by atoms with E-state index in [4.69, 9.17) is 16.3 Å². The molecule has 2 aromatic carbocycles. The third kappa shape index (κ3) is 3.89. The summed E-state index contributed by atoms with van der Waals surface area (Å²) < 4.78 is 5.23. The monoisotopic (exact) mass is 390 g/mol. The lowest BCUT2D eigenvalue weighted by molar-refractivity contribution is -0.384. The fourth-order valence-corrected chi connectivity index (χ4v) is 3.56. The highest BCUT2D eigenvalue weighted by atomic mass is 35.5. The number of benzene rings is 2. The Morgan fingerprint density at radius 2 is 2.15 bits per heavy atom. The van der Waals surface area contributed by atoms with Crippen LogP contribution in [0.2, 0.25) is 5.02 Å². The van der Waals surface area contributed by atoms with E-state index in [0.717, 1.165) is 35.8 Å². The average Bonchev–Trinajstić information content (AvgIpc) is 2.66. The Hall–Kier alpha value is -2.64. The largest absolute Gasteiger partial charge is 0.497 e. The van der Waals surface area contributed by atoms with E-state index in [2.05, 4.69) is 5.32 Å². The van der Waals surface area contributed by atoms with Crippen LogP contribution in [0.3, 0.4) is 0 Å². The fraction of sp³-hybridized carbons (Fsp3) is 0.316. The van der Waals surface area contributed by atoms with Gasteiger partial charge in [0, 0.05) is 11.6 Å². The topological polar surface area (TPSA) is 102 Å². The Labute approximate surface area is 161 Å². The van der Waals surface area contributed by atoms with Gasteiger partial charge in [-0.05, 0) is 54.7 Å². The van der Waals surface area contributed by atoms with Crippen LogP contribution in [0, 0.1) is 10.1 Å². The lowest BCUT2D eigenvalue weighted by Crippen LogP contribution is -2.43. The zero-order valence-electron chi connectivity index (χ0n) is 14.7. The summed E-state index contributed by atoms with van der Waals surface area (Å²) in [4.78, 5) is 22.8. The summed E-state index contributed by atoms with van der Waals surface area (Å²) in [5.41, 5.74) is 0.323. The van der Waals surface area contributed by atoms with Crippen molar-refractivity contribution in [3.05, 3.63) is 68.2 Å². The SMILES string of the molecule is COc1ccc2c(c1)CCCC2(O)CNC(=O)c1ccc(Cl)c([N+](=O)[O-])c1. The molecule has 0 bridgehead atoms. The standard InChI is InChI=1S/C19H19ClN2O5/c1-27-14-5-6-15-12(9-14)3-2-8-19(15,24)11-21-18(23)13-4-7-16(20)17(10-13)22(25)26/h4-7,9-10,24H,2-3,8,11H2,1H3,(H,21,23). The van der Waals surface area contributed by atoms with Crippen LogP contribution < -0.4 is 10.1 Å². The van der Waals surface area contributed by atoms with Crippen molar-refractivity contribution in [1.29, 1.82) is 0 Å². The van der Waals surface area contributed by atoms with Crippen molar-refractivity contribution in [3.63, 3.8) is 0 Å². The summed E-state index contributed by atoms with van der Waals surface area (Å²) >= 11 is 5.77. The number of nitrogens with one attached hydrogen (secondary N) is 1. The maximum Gasteiger partial charge on any atom is 0.288 e. The number of fused-ring (bicyclic) bond motifs is 1. The molecule has 0 heterocycles. The van der Waals surface area contributed by atoms with E-state index >= 15 is 0 Å². The smallest absolute Gasteiger partial charge is 0.288 e. The number of methoxy groups -OCH3 is 1. The van der Waals surface area contributed by atoms with Crippen molar-refractivity contribution < 1.29 is 19.6 Å². The number of aliphatic hydroxyl groups is 1. The van der Waals surface area contributed by atoms with Crippen molar-refractivity contribution in [2.24, 2.45) is 0 Å². The van der Waals surface area contributed by atoms with Gasteiger partial charge in [-0.2, -0.15) is 0 Å². The number of carbonyl (C=O) groups is 1. The molecule has 0 aromatic heterocycles. The van der Waals surface area contributed by atoms with E-state index in [1.807, 2.05) is 12.1 Å². The summed E-state index contributed by atoms with van der Waals surface area (Å²) in [7, 11) is 1.59. The molecule has 0 saturated carbocycles. The normalized spacial score (nSPS) is 18.5. The van der Waals surface area contributed by atoms with E-state index in [-0.39, 0.29) is 22.8 Å². The molecule has 2 aromatic rings. The maximum absolute atomic E-state index is 12.4. The van der Waals surface area contributed by atoms with Crippen LogP contribution in [0.5, 0.6) is 5.75 Å². The van der Waals surface area contributed by atoms with E-state index < -0.39 is 16.4 Å². The second kappa shape index (κ2) is 7.54. The number of nitro groups is 1. The Kier molecular flexibility index (Phi) is 5.34. The van der Waals surface area contributed by atoms with Crippen molar-refractivity contribution in [2.45, 2.75) is 24.9 Å². The minimum absolute atomic E-state index is 0.00157. The lowest BCUT2D eigenvalue weighted by atomic mass is 9.79. The van der Waals surface area contributed by atoms with Crippen LogP contribution >= 0.6 is 11.6 Å². The average molecular weight is 391 g/mol. The second-order valence-electron chi connectivity index (χ2n) is 6.51. The summed E-state index contributed by atoms with van der Waals surface area (Å²) in [6.45, 7) is 0.00157. The number of aryl methyl sites for hydroxylation is 1. The van der Waals surface area contributed by atoms with Crippen LogP contribution in [0.4, 0.5) is 5.69 Å². The Bertz CT molecular complexity index is 902. The maximum atomic E-state index is 12.4. The van der Waals surface area contributed by atoms with Gasteiger partial charge in [-0.1, -0.05) is 17.7 Å². The number of ether oxygens (including phenoxy) is 1. The Balaban J connectivity index is 1.78. The molecule has 3 rings (SSSR count). The van der Waals surface area contributed by atoms with Crippen LogP contribution in [0.1, 0.15) is 34.3 Å². The minimum atomic E-state index is -1.20. The number of hydrogen-bond donors (Lipinski definition) is 2. The zero-order valence-corrected chi connectivity index (χ0v) is 15.5. The lowest BCUT2D eigenvalue weighted by Gasteiger charge is -2.35. The molecule has 1 unspecified atom stereocenters. The van der Waals surface area contributed by atoms with Crippen molar-refractivity contribution in [2.75, 3.05) is 13.7 Å². The summed E-state index contributed by atoms with van der Waals surface area (Å²) in [6.07, 6.45) is 2.11. The van der Waals surface area contributed by atoms with E-state index in [1.165, 1.54) is 12.1 Å². The number of nitrogens with zero attached hydrogens (tertiary/aromatic N) is 1. The van der Waals surface area contributed by atoms with Gasteiger partial charge < -0.3 is 15.2 Å². The predicted octanol–water partition coefficient (Wildman–Crippen LogP) is 3.21. The third-order valence-corrected chi connectivity index (χ3v) is 5.12. The van der Waals surface area contributed by atoms with Crippen LogP contribution in [0.25, 0.3) is 0 Å². The molecule has 27 heavy (non-hydrogen) atoms. The molecule has 1 amide bonds. The van der Waals surface area contributed by atoms with E-state index in [0.29, 0.717) is 6.42 Å². The van der Waals surface area contributed by atoms with Gasteiger partial charge in [0.25, 0.3) is 11.6 Å². The Morgan fingerprint density at radius 1 is 1.37 bits per heavy atom. The first-order valence-electron chi connectivity index (χ1n) is 8.46.